The summed E-state index contributed by atoms with van der Waals surface area (Å²) >= 11 is 1.65. The Kier molecular flexibility index (Phi) is 5.20. The number of benzene rings is 2. The maximum Gasteiger partial charge on any atom is 0.251 e. The topological polar surface area (TPSA) is 85.6 Å². The minimum absolute atomic E-state index is 0.121. The standard InChI is InChI=1S/C20H18N6OS/c1-14-23-19(12-28-14)16-7-5-15(6-8-16)9-10-21-20(27)17-3-2-4-18(11-17)26-13-22-24-25-26/h2-8,11-13H,9-10H2,1H3,(H,21,27). The van der Waals surface area contributed by atoms with Gasteiger partial charge in [-0.3, -0.25) is 4.79 Å². The molecule has 0 aliphatic rings. The maximum atomic E-state index is 12.4. The van der Waals surface area contributed by atoms with Gasteiger partial charge in [0.1, 0.15) is 6.33 Å². The van der Waals surface area contributed by atoms with Crippen molar-refractivity contribution in [3.8, 4) is 16.9 Å². The van der Waals surface area contributed by atoms with E-state index in [1.165, 1.54) is 16.6 Å². The molecule has 2 aromatic carbocycles. The molecule has 4 rings (SSSR count). The predicted molar refractivity (Wildman–Crippen MR) is 107 cm³/mol. The number of carbonyl (C=O) groups excluding carboxylic acids is 1. The van der Waals surface area contributed by atoms with Crippen molar-refractivity contribution in [2.45, 2.75) is 13.3 Å². The molecule has 0 saturated carbocycles. The largest absolute Gasteiger partial charge is 0.352 e. The highest BCUT2D eigenvalue weighted by Crippen LogP contribution is 2.21. The van der Waals surface area contributed by atoms with E-state index in [0.717, 1.165) is 28.4 Å². The van der Waals surface area contributed by atoms with E-state index < -0.39 is 0 Å². The van der Waals surface area contributed by atoms with Crippen LogP contribution < -0.4 is 5.32 Å². The summed E-state index contributed by atoms with van der Waals surface area (Å²) in [7, 11) is 0. The Bertz CT molecular complexity index is 1070. The minimum Gasteiger partial charge on any atom is -0.352 e. The van der Waals surface area contributed by atoms with Crippen LogP contribution in [0.3, 0.4) is 0 Å². The molecule has 0 unspecified atom stereocenters. The number of amides is 1. The van der Waals surface area contributed by atoms with Gasteiger partial charge in [0.15, 0.2) is 0 Å². The van der Waals surface area contributed by atoms with Crippen LogP contribution in [0.15, 0.2) is 60.2 Å². The summed E-state index contributed by atoms with van der Waals surface area (Å²) < 4.78 is 1.52. The Morgan fingerprint density at radius 1 is 1.18 bits per heavy atom. The summed E-state index contributed by atoms with van der Waals surface area (Å²) in [4.78, 5) is 16.9. The number of hydrogen-bond acceptors (Lipinski definition) is 6. The van der Waals surface area contributed by atoms with Gasteiger partial charge < -0.3 is 5.32 Å². The van der Waals surface area contributed by atoms with E-state index >= 15 is 0 Å². The van der Waals surface area contributed by atoms with Crippen molar-refractivity contribution < 1.29 is 4.79 Å². The van der Waals surface area contributed by atoms with E-state index in [0.29, 0.717) is 12.1 Å². The molecule has 2 aromatic heterocycles. The molecular weight excluding hydrogens is 372 g/mol. The quantitative estimate of drug-likeness (QED) is 0.547. The molecule has 0 aliphatic heterocycles. The van der Waals surface area contributed by atoms with Crippen LogP contribution in [0, 0.1) is 6.92 Å². The molecule has 28 heavy (non-hydrogen) atoms. The highest BCUT2D eigenvalue weighted by molar-refractivity contribution is 7.09. The zero-order chi connectivity index (χ0) is 19.3. The Balaban J connectivity index is 1.34. The highest BCUT2D eigenvalue weighted by atomic mass is 32.1. The summed E-state index contributed by atoms with van der Waals surface area (Å²) in [6.45, 7) is 2.56. The first kappa shape index (κ1) is 18.0. The van der Waals surface area contributed by atoms with Gasteiger partial charge >= 0.3 is 0 Å². The zero-order valence-corrected chi connectivity index (χ0v) is 16.1. The second kappa shape index (κ2) is 8.10. The first-order chi connectivity index (χ1) is 13.7. The molecule has 2 heterocycles. The molecule has 0 atom stereocenters. The number of tetrazole rings is 1. The number of nitrogens with one attached hydrogen (secondary N) is 1. The first-order valence-electron chi connectivity index (χ1n) is 8.82. The van der Waals surface area contributed by atoms with Gasteiger partial charge in [0, 0.05) is 23.1 Å². The lowest BCUT2D eigenvalue weighted by Crippen LogP contribution is -2.25. The van der Waals surface area contributed by atoms with Crippen molar-refractivity contribution in [3.63, 3.8) is 0 Å². The molecule has 0 saturated heterocycles. The van der Waals surface area contributed by atoms with Crippen LogP contribution in [-0.4, -0.2) is 37.6 Å². The Labute approximate surface area is 166 Å². The van der Waals surface area contributed by atoms with Gasteiger partial charge in [0.2, 0.25) is 0 Å². The van der Waals surface area contributed by atoms with E-state index in [-0.39, 0.29) is 5.91 Å². The van der Waals surface area contributed by atoms with Crippen molar-refractivity contribution in [2.24, 2.45) is 0 Å². The van der Waals surface area contributed by atoms with Gasteiger partial charge in [-0.05, 0) is 47.5 Å². The van der Waals surface area contributed by atoms with E-state index in [2.05, 4.69) is 55.5 Å². The molecule has 1 amide bonds. The van der Waals surface area contributed by atoms with E-state index in [1.54, 1.807) is 23.5 Å². The third kappa shape index (κ3) is 4.12. The molecule has 140 valence electrons. The zero-order valence-electron chi connectivity index (χ0n) is 15.2. The lowest BCUT2D eigenvalue weighted by Gasteiger charge is -2.07. The lowest BCUT2D eigenvalue weighted by molar-refractivity contribution is 0.0954. The van der Waals surface area contributed by atoms with Crippen molar-refractivity contribution in [1.82, 2.24) is 30.5 Å². The van der Waals surface area contributed by atoms with Crippen LogP contribution in [0.1, 0.15) is 20.9 Å². The average Bonchev–Trinajstić information content (AvgIpc) is 3.41. The third-order valence-electron chi connectivity index (χ3n) is 4.29. The van der Waals surface area contributed by atoms with Gasteiger partial charge in [-0.2, -0.15) is 0 Å². The molecule has 4 aromatic rings. The number of carbonyl (C=O) groups is 1. The number of aryl methyl sites for hydroxylation is 1. The Morgan fingerprint density at radius 2 is 2.04 bits per heavy atom. The number of hydrogen-bond donors (Lipinski definition) is 1. The van der Waals surface area contributed by atoms with Crippen molar-refractivity contribution in [2.75, 3.05) is 6.54 Å². The summed E-state index contributed by atoms with van der Waals surface area (Å²) in [5, 5.41) is 17.1. The fraction of sp³-hybridized carbons (Fsp3) is 0.150. The number of rotatable bonds is 6. The van der Waals surface area contributed by atoms with Gasteiger partial charge in [-0.25, -0.2) is 9.67 Å². The molecule has 0 aliphatic carbocycles. The highest BCUT2D eigenvalue weighted by Gasteiger charge is 2.08. The number of thiazole rings is 1. The summed E-state index contributed by atoms with van der Waals surface area (Å²) in [6, 6.07) is 15.5. The molecule has 0 fully saturated rings. The van der Waals surface area contributed by atoms with Crippen LogP contribution >= 0.6 is 11.3 Å². The molecule has 1 N–H and O–H groups in total. The molecule has 0 radical (unpaired) electrons. The first-order valence-corrected chi connectivity index (χ1v) is 9.70. The summed E-state index contributed by atoms with van der Waals surface area (Å²) in [6.07, 6.45) is 2.25. The second-order valence-corrected chi connectivity index (χ2v) is 7.32. The fourth-order valence-electron chi connectivity index (χ4n) is 2.83. The van der Waals surface area contributed by atoms with Crippen LogP contribution in [0.4, 0.5) is 0 Å². The smallest absolute Gasteiger partial charge is 0.251 e. The van der Waals surface area contributed by atoms with Crippen LogP contribution in [-0.2, 0) is 6.42 Å². The van der Waals surface area contributed by atoms with Gasteiger partial charge in [-0.1, -0.05) is 30.3 Å². The molecule has 7 nitrogen and oxygen atoms in total. The van der Waals surface area contributed by atoms with Crippen molar-refractivity contribution in [1.29, 1.82) is 0 Å². The van der Waals surface area contributed by atoms with Gasteiger partial charge in [0.25, 0.3) is 5.91 Å². The lowest BCUT2D eigenvalue weighted by atomic mass is 10.1. The monoisotopic (exact) mass is 390 g/mol. The Hall–Kier alpha value is -3.39. The normalized spacial score (nSPS) is 10.8. The molecule has 0 bridgehead atoms. The van der Waals surface area contributed by atoms with E-state index in [4.69, 9.17) is 0 Å². The van der Waals surface area contributed by atoms with Crippen molar-refractivity contribution >= 4 is 17.2 Å². The van der Waals surface area contributed by atoms with Gasteiger partial charge in [0.05, 0.1) is 16.4 Å². The van der Waals surface area contributed by atoms with Crippen LogP contribution in [0.2, 0.25) is 0 Å². The number of aromatic nitrogens is 5. The third-order valence-corrected chi connectivity index (χ3v) is 5.06. The summed E-state index contributed by atoms with van der Waals surface area (Å²) in [5.74, 6) is -0.121. The van der Waals surface area contributed by atoms with Crippen LogP contribution in [0.5, 0.6) is 0 Å². The average molecular weight is 390 g/mol. The van der Waals surface area contributed by atoms with Gasteiger partial charge in [-0.15, -0.1) is 16.4 Å². The summed E-state index contributed by atoms with van der Waals surface area (Å²) in [5.41, 5.74) is 4.59. The molecular formula is C20H18N6OS. The van der Waals surface area contributed by atoms with Crippen molar-refractivity contribution in [3.05, 3.63) is 76.4 Å². The van der Waals surface area contributed by atoms with E-state index in [9.17, 15) is 4.79 Å². The number of nitrogens with zero attached hydrogens (tertiary/aromatic N) is 5. The second-order valence-electron chi connectivity index (χ2n) is 6.26. The minimum atomic E-state index is -0.121. The fourth-order valence-corrected chi connectivity index (χ4v) is 3.45. The molecule has 8 heteroatoms. The SMILES string of the molecule is Cc1nc(-c2ccc(CCNC(=O)c3cccc(-n4cnnn4)c3)cc2)cs1. The van der Waals surface area contributed by atoms with Crippen LogP contribution in [0.25, 0.3) is 16.9 Å². The maximum absolute atomic E-state index is 12.4. The molecule has 0 spiro atoms. The van der Waals surface area contributed by atoms with E-state index in [1.807, 2.05) is 19.1 Å². The Morgan fingerprint density at radius 3 is 2.75 bits per heavy atom. The predicted octanol–water partition coefficient (Wildman–Crippen LogP) is 3.07.